The van der Waals surface area contributed by atoms with Crippen molar-refractivity contribution in [2.24, 2.45) is 0 Å². The van der Waals surface area contributed by atoms with Crippen LogP contribution in [0.2, 0.25) is 0 Å². The fraction of sp³-hybridized carbons (Fsp3) is 0.0833. The van der Waals surface area contributed by atoms with E-state index in [0.29, 0.717) is 16.1 Å². The molecule has 0 aliphatic carbocycles. The molecule has 2 nitrogen and oxygen atoms in total. The normalized spacial score (nSPS) is 10.3. The van der Waals surface area contributed by atoms with Crippen molar-refractivity contribution < 1.29 is 9.18 Å². The van der Waals surface area contributed by atoms with Crippen LogP contribution in [0.15, 0.2) is 34.5 Å². The Morgan fingerprint density at radius 3 is 2.76 bits per heavy atom. The van der Waals surface area contributed by atoms with Gasteiger partial charge >= 0.3 is 0 Å². The lowest BCUT2D eigenvalue weighted by molar-refractivity contribution is 0.103. The smallest absolute Gasteiger partial charge is 0.265 e. The molecule has 0 atom stereocenters. The first-order chi connectivity index (χ1) is 8.06. The number of anilines is 1. The number of carbonyl (C=O) groups excluding carboxylic acids is 1. The van der Waals surface area contributed by atoms with Gasteiger partial charge in [-0.3, -0.25) is 4.79 Å². The lowest BCUT2D eigenvalue weighted by atomic mass is 10.2. The van der Waals surface area contributed by atoms with Crippen LogP contribution in [-0.2, 0) is 0 Å². The molecule has 0 unspecified atom stereocenters. The highest BCUT2D eigenvalue weighted by molar-refractivity contribution is 7.80. The third-order valence-electron chi connectivity index (χ3n) is 2.23. The maximum atomic E-state index is 13.0. The molecule has 0 bridgehead atoms. The van der Waals surface area contributed by atoms with Gasteiger partial charge in [-0.2, -0.15) is 0 Å². The second kappa shape index (κ2) is 4.89. The first-order valence-corrected chi connectivity index (χ1v) is 6.24. The van der Waals surface area contributed by atoms with Crippen LogP contribution in [0, 0.1) is 12.7 Å². The second-order valence-electron chi connectivity index (χ2n) is 3.59. The molecule has 0 aliphatic rings. The Balaban J connectivity index is 2.15. The second-order valence-corrected chi connectivity index (χ2v) is 5.01. The van der Waals surface area contributed by atoms with Crippen molar-refractivity contribution in [1.29, 1.82) is 0 Å². The van der Waals surface area contributed by atoms with Crippen LogP contribution in [-0.4, -0.2) is 5.91 Å². The van der Waals surface area contributed by atoms with Gasteiger partial charge in [-0.15, -0.1) is 24.0 Å². The number of benzene rings is 1. The molecule has 2 aromatic rings. The molecule has 1 heterocycles. The first kappa shape index (κ1) is 12.1. The average Bonchev–Trinajstić information content (AvgIpc) is 2.70. The zero-order chi connectivity index (χ0) is 12.4. The minimum absolute atomic E-state index is 0.207. The number of aryl methyl sites for hydroxylation is 1. The molecule has 0 radical (unpaired) electrons. The molecule has 0 saturated carbocycles. The Morgan fingerprint density at radius 2 is 2.18 bits per heavy atom. The van der Waals surface area contributed by atoms with Crippen LogP contribution in [0.3, 0.4) is 0 Å². The van der Waals surface area contributed by atoms with E-state index < -0.39 is 0 Å². The van der Waals surface area contributed by atoms with Gasteiger partial charge in [-0.1, -0.05) is 0 Å². The number of amides is 1. The van der Waals surface area contributed by atoms with Gasteiger partial charge in [0.1, 0.15) is 5.82 Å². The lowest BCUT2D eigenvalue weighted by Crippen LogP contribution is -2.10. The number of nitrogens with one attached hydrogen (secondary N) is 1. The molecule has 0 saturated heterocycles. The summed E-state index contributed by atoms with van der Waals surface area (Å²) < 4.78 is 13.0. The summed E-state index contributed by atoms with van der Waals surface area (Å²) in [5.41, 5.74) is 1.09. The molecular weight excluding hydrogens is 257 g/mol. The van der Waals surface area contributed by atoms with Crippen molar-refractivity contribution in [3.05, 3.63) is 45.9 Å². The Morgan fingerprint density at radius 1 is 1.41 bits per heavy atom. The van der Waals surface area contributed by atoms with E-state index in [9.17, 15) is 9.18 Å². The van der Waals surface area contributed by atoms with Crippen LogP contribution in [0.25, 0.3) is 0 Å². The van der Waals surface area contributed by atoms with Gasteiger partial charge in [0, 0.05) is 16.0 Å². The number of carbonyl (C=O) groups is 1. The van der Waals surface area contributed by atoms with E-state index in [1.807, 2.05) is 0 Å². The number of thiophene rings is 1. The number of thiol groups is 1. The van der Waals surface area contributed by atoms with E-state index in [1.54, 1.807) is 24.4 Å². The summed E-state index contributed by atoms with van der Waals surface area (Å²) in [5, 5.41) is 4.50. The molecule has 1 aromatic heterocycles. The summed E-state index contributed by atoms with van der Waals surface area (Å²) in [6, 6.07) is 6.17. The van der Waals surface area contributed by atoms with Gasteiger partial charge in [-0.05, 0) is 36.8 Å². The number of halogens is 1. The van der Waals surface area contributed by atoms with E-state index in [1.165, 1.54) is 23.5 Å². The largest absolute Gasteiger partial charge is 0.321 e. The highest BCUT2D eigenvalue weighted by Crippen LogP contribution is 2.20. The zero-order valence-corrected chi connectivity index (χ0v) is 10.7. The van der Waals surface area contributed by atoms with Crippen LogP contribution in [0.4, 0.5) is 10.1 Å². The quantitative estimate of drug-likeness (QED) is 0.797. The number of hydrogen-bond acceptors (Lipinski definition) is 3. The molecule has 0 aliphatic heterocycles. The molecule has 0 spiro atoms. The summed E-state index contributed by atoms with van der Waals surface area (Å²) in [5.74, 6) is -0.488. The maximum absolute atomic E-state index is 13.0. The van der Waals surface area contributed by atoms with E-state index >= 15 is 0 Å². The molecule has 17 heavy (non-hydrogen) atoms. The predicted molar refractivity (Wildman–Crippen MR) is 70.7 cm³/mol. The Bertz CT molecular complexity index is 565. The molecule has 5 heteroatoms. The number of hydrogen-bond donors (Lipinski definition) is 2. The topological polar surface area (TPSA) is 29.1 Å². The van der Waals surface area contributed by atoms with Crippen molar-refractivity contribution in [2.75, 3.05) is 5.32 Å². The highest BCUT2D eigenvalue weighted by atomic mass is 32.1. The Hall–Kier alpha value is -1.33. The summed E-state index contributed by atoms with van der Waals surface area (Å²) in [4.78, 5) is 13.1. The molecule has 88 valence electrons. The maximum Gasteiger partial charge on any atom is 0.265 e. The van der Waals surface area contributed by atoms with Crippen LogP contribution in [0.5, 0.6) is 0 Å². The Kier molecular flexibility index (Phi) is 3.49. The summed E-state index contributed by atoms with van der Waals surface area (Å²) >= 11 is 5.46. The van der Waals surface area contributed by atoms with Crippen molar-refractivity contribution in [3.63, 3.8) is 0 Å². The lowest BCUT2D eigenvalue weighted by Gasteiger charge is -2.04. The number of rotatable bonds is 2. The van der Waals surface area contributed by atoms with Gasteiger partial charge in [0.25, 0.3) is 5.91 Å². The summed E-state index contributed by atoms with van der Waals surface area (Å²) in [6.45, 7) is 1.65. The van der Waals surface area contributed by atoms with E-state index in [2.05, 4.69) is 17.9 Å². The first-order valence-electron chi connectivity index (χ1n) is 4.91. The van der Waals surface area contributed by atoms with Gasteiger partial charge in [-0.25, -0.2) is 4.39 Å². The summed E-state index contributed by atoms with van der Waals surface area (Å²) in [6.07, 6.45) is 0. The molecule has 1 amide bonds. The highest BCUT2D eigenvalue weighted by Gasteiger charge is 2.09. The zero-order valence-electron chi connectivity index (χ0n) is 9.03. The van der Waals surface area contributed by atoms with Crippen molar-refractivity contribution >= 4 is 35.6 Å². The standard InChI is InChI=1S/C12H10FNOS2/c1-7-4-8(2-3-10(7)13)14-12(15)11-5-9(16)6-17-11/h2-6,16H,1H3,(H,14,15). The van der Waals surface area contributed by atoms with Gasteiger partial charge in [0.15, 0.2) is 0 Å². The molecule has 0 fully saturated rings. The SMILES string of the molecule is Cc1cc(NC(=O)c2cc(S)cs2)ccc1F. The fourth-order valence-electron chi connectivity index (χ4n) is 1.36. The van der Waals surface area contributed by atoms with E-state index in [4.69, 9.17) is 0 Å². The molecule has 1 aromatic carbocycles. The van der Waals surface area contributed by atoms with Crippen LogP contribution >= 0.6 is 24.0 Å². The predicted octanol–water partition coefficient (Wildman–Crippen LogP) is 3.74. The minimum Gasteiger partial charge on any atom is -0.321 e. The monoisotopic (exact) mass is 267 g/mol. The van der Waals surface area contributed by atoms with Crippen molar-refractivity contribution in [1.82, 2.24) is 0 Å². The minimum atomic E-state index is -0.281. The third-order valence-corrected chi connectivity index (χ3v) is 3.59. The van der Waals surface area contributed by atoms with Crippen LogP contribution < -0.4 is 5.32 Å². The fourth-order valence-corrected chi connectivity index (χ4v) is 2.40. The Labute approximate surface area is 108 Å². The average molecular weight is 267 g/mol. The van der Waals surface area contributed by atoms with Crippen molar-refractivity contribution in [3.8, 4) is 0 Å². The van der Waals surface area contributed by atoms with Gasteiger partial charge in [0.2, 0.25) is 0 Å². The molecular formula is C12H10FNOS2. The van der Waals surface area contributed by atoms with E-state index in [0.717, 1.165) is 4.90 Å². The van der Waals surface area contributed by atoms with Gasteiger partial charge < -0.3 is 5.32 Å². The third kappa shape index (κ3) is 2.87. The van der Waals surface area contributed by atoms with Crippen molar-refractivity contribution in [2.45, 2.75) is 11.8 Å². The van der Waals surface area contributed by atoms with Crippen LogP contribution in [0.1, 0.15) is 15.2 Å². The van der Waals surface area contributed by atoms with E-state index in [-0.39, 0.29) is 11.7 Å². The summed E-state index contributed by atoms with van der Waals surface area (Å²) in [7, 11) is 0. The molecule has 1 N–H and O–H groups in total. The van der Waals surface area contributed by atoms with Gasteiger partial charge in [0.05, 0.1) is 4.88 Å². The molecule has 2 rings (SSSR count).